The van der Waals surface area contributed by atoms with Crippen LogP contribution in [0.25, 0.3) is 11.8 Å². The van der Waals surface area contributed by atoms with Crippen molar-refractivity contribution in [3.05, 3.63) is 88.2 Å². The molecular formula is C25H25N3O2. The molecule has 1 aliphatic heterocycles. The molecule has 5 nitrogen and oxygen atoms in total. The van der Waals surface area contributed by atoms with E-state index in [-0.39, 0.29) is 11.5 Å². The predicted molar refractivity (Wildman–Crippen MR) is 119 cm³/mol. The van der Waals surface area contributed by atoms with Gasteiger partial charge in [0.1, 0.15) is 5.57 Å². The molecule has 2 heterocycles. The zero-order chi connectivity index (χ0) is 21.4. The first-order valence-electron chi connectivity index (χ1n) is 10.1. The molecule has 0 spiro atoms. The van der Waals surface area contributed by atoms with Gasteiger partial charge in [-0.15, -0.1) is 0 Å². The molecule has 1 aliphatic rings. The molecule has 0 unspecified atom stereocenters. The summed E-state index contributed by atoms with van der Waals surface area (Å²) in [5, 5.41) is 1.30. The molecule has 1 saturated heterocycles. The summed E-state index contributed by atoms with van der Waals surface area (Å²) in [5.41, 5.74) is 10.0. The molecule has 3 aromatic rings. The number of rotatable bonds is 4. The molecule has 0 aliphatic carbocycles. The van der Waals surface area contributed by atoms with Crippen LogP contribution >= 0.6 is 0 Å². The largest absolute Gasteiger partial charge is 0.317 e. The average molecular weight is 399 g/mol. The summed E-state index contributed by atoms with van der Waals surface area (Å²) in [6.07, 6.45) is 2.63. The molecule has 0 bridgehead atoms. The number of aryl methyl sites for hydroxylation is 3. The molecule has 1 N–H and O–H groups in total. The van der Waals surface area contributed by atoms with Gasteiger partial charge in [0.15, 0.2) is 0 Å². The van der Waals surface area contributed by atoms with E-state index < -0.39 is 5.91 Å². The monoisotopic (exact) mass is 399 g/mol. The molecule has 2 aromatic carbocycles. The molecule has 0 atom stereocenters. The van der Waals surface area contributed by atoms with E-state index in [0.29, 0.717) is 5.69 Å². The minimum absolute atomic E-state index is 0.139. The third-order valence-corrected chi connectivity index (χ3v) is 5.60. The second kappa shape index (κ2) is 7.67. The number of para-hydroxylation sites is 2. The van der Waals surface area contributed by atoms with E-state index in [1.165, 1.54) is 21.8 Å². The van der Waals surface area contributed by atoms with Crippen LogP contribution in [0.5, 0.6) is 0 Å². The van der Waals surface area contributed by atoms with Crippen LogP contribution in [0.15, 0.2) is 60.2 Å². The van der Waals surface area contributed by atoms with E-state index in [2.05, 4.69) is 42.0 Å². The number of amides is 2. The average Bonchev–Trinajstić information content (AvgIpc) is 3.18. The van der Waals surface area contributed by atoms with Crippen LogP contribution < -0.4 is 10.4 Å². The van der Waals surface area contributed by atoms with Crippen LogP contribution in [0.4, 0.5) is 5.69 Å². The third-order valence-electron chi connectivity index (χ3n) is 5.60. The summed E-state index contributed by atoms with van der Waals surface area (Å²) in [5.74, 6) is -0.736. The van der Waals surface area contributed by atoms with Crippen LogP contribution in [0.3, 0.4) is 0 Å². The van der Waals surface area contributed by atoms with E-state index in [0.717, 1.165) is 23.4 Å². The Labute approximate surface area is 176 Å². The van der Waals surface area contributed by atoms with E-state index in [9.17, 15) is 9.59 Å². The summed E-state index contributed by atoms with van der Waals surface area (Å²) in [6, 6.07) is 17.5. The Morgan fingerprint density at radius 2 is 1.70 bits per heavy atom. The third kappa shape index (κ3) is 3.22. The van der Waals surface area contributed by atoms with Crippen LogP contribution in [-0.4, -0.2) is 16.4 Å². The molecule has 1 fully saturated rings. The van der Waals surface area contributed by atoms with Gasteiger partial charge in [-0.1, -0.05) is 43.3 Å². The van der Waals surface area contributed by atoms with Gasteiger partial charge in [-0.2, -0.15) is 0 Å². The van der Waals surface area contributed by atoms with Gasteiger partial charge in [0.2, 0.25) is 0 Å². The number of carbonyl (C=O) groups excluding carboxylic acids is 2. The lowest BCUT2D eigenvalue weighted by molar-refractivity contribution is -0.117. The van der Waals surface area contributed by atoms with Crippen molar-refractivity contribution in [1.29, 1.82) is 0 Å². The minimum Gasteiger partial charge on any atom is -0.317 e. The van der Waals surface area contributed by atoms with E-state index in [1.807, 2.05) is 38.1 Å². The number of anilines is 1. The van der Waals surface area contributed by atoms with Gasteiger partial charge in [0, 0.05) is 11.4 Å². The van der Waals surface area contributed by atoms with Gasteiger partial charge in [0.05, 0.1) is 11.4 Å². The van der Waals surface area contributed by atoms with Crippen molar-refractivity contribution in [3.63, 3.8) is 0 Å². The number of nitrogens with one attached hydrogen (secondary N) is 1. The number of benzene rings is 2. The minimum atomic E-state index is -0.390. The molecule has 5 heteroatoms. The number of hydrogen-bond donors (Lipinski definition) is 1. The van der Waals surface area contributed by atoms with Crippen LogP contribution in [0.2, 0.25) is 0 Å². The highest BCUT2D eigenvalue weighted by atomic mass is 16.2. The van der Waals surface area contributed by atoms with Crippen molar-refractivity contribution >= 4 is 23.6 Å². The van der Waals surface area contributed by atoms with Gasteiger partial charge in [0.25, 0.3) is 11.8 Å². The van der Waals surface area contributed by atoms with Crippen molar-refractivity contribution < 1.29 is 9.59 Å². The summed E-state index contributed by atoms with van der Waals surface area (Å²) < 4.78 is 2.22. The van der Waals surface area contributed by atoms with Crippen molar-refractivity contribution in [2.45, 2.75) is 34.1 Å². The van der Waals surface area contributed by atoms with E-state index >= 15 is 0 Å². The SMILES string of the molecule is CCc1cccc(C)c1-n1c(C)cc(C=C2C(=O)NN(c3ccccc3)C2=O)c1C. The second-order valence-electron chi connectivity index (χ2n) is 7.57. The molecular weight excluding hydrogens is 374 g/mol. The number of hydrazine groups is 1. The quantitative estimate of drug-likeness (QED) is 0.521. The fourth-order valence-electron chi connectivity index (χ4n) is 4.07. The Hall–Kier alpha value is -3.60. The molecule has 152 valence electrons. The van der Waals surface area contributed by atoms with Gasteiger partial charge in [-0.05, 0) is 68.2 Å². The molecule has 1 aromatic heterocycles. The Bertz CT molecular complexity index is 1170. The standard InChI is InChI=1S/C25H25N3O2/c1-5-19-11-9-10-16(2)23(19)27-17(3)14-20(18(27)4)15-22-24(29)26-28(25(22)30)21-12-7-6-8-13-21/h6-15H,5H2,1-4H3,(H,26,29). The Kier molecular flexibility index (Phi) is 5.04. The molecule has 2 amide bonds. The molecule has 0 saturated carbocycles. The van der Waals surface area contributed by atoms with Crippen LogP contribution in [-0.2, 0) is 16.0 Å². The maximum atomic E-state index is 12.9. The Balaban J connectivity index is 1.77. The highest BCUT2D eigenvalue weighted by Crippen LogP contribution is 2.29. The number of nitrogens with zero attached hydrogens (tertiary/aromatic N) is 2. The second-order valence-corrected chi connectivity index (χ2v) is 7.57. The van der Waals surface area contributed by atoms with E-state index in [4.69, 9.17) is 0 Å². The highest BCUT2D eigenvalue weighted by molar-refractivity contribution is 6.31. The first kappa shape index (κ1) is 19.7. The highest BCUT2D eigenvalue weighted by Gasteiger charge is 2.34. The fraction of sp³-hybridized carbons (Fsp3) is 0.200. The fourth-order valence-corrected chi connectivity index (χ4v) is 4.07. The molecule has 0 radical (unpaired) electrons. The van der Waals surface area contributed by atoms with Crippen molar-refractivity contribution in [2.75, 3.05) is 5.01 Å². The zero-order valence-corrected chi connectivity index (χ0v) is 17.7. The van der Waals surface area contributed by atoms with Gasteiger partial charge >= 0.3 is 0 Å². The van der Waals surface area contributed by atoms with Gasteiger partial charge < -0.3 is 4.57 Å². The lowest BCUT2D eigenvalue weighted by Gasteiger charge is -2.17. The number of hydrogen-bond acceptors (Lipinski definition) is 2. The number of carbonyl (C=O) groups is 2. The lowest BCUT2D eigenvalue weighted by Crippen LogP contribution is -2.35. The summed E-state index contributed by atoms with van der Waals surface area (Å²) in [4.78, 5) is 25.5. The summed E-state index contributed by atoms with van der Waals surface area (Å²) in [6.45, 7) is 8.33. The Morgan fingerprint density at radius 1 is 0.967 bits per heavy atom. The van der Waals surface area contributed by atoms with Crippen molar-refractivity contribution in [3.8, 4) is 5.69 Å². The zero-order valence-electron chi connectivity index (χ0n) is 17.7. The predicted octanol–water partition coefficient (Wildman–Crippen LogP) is 4.43. The van der Waals surface area contributed by atoms with Gasteiger partial charge in [-0.3, -0.25) is 15.0 Å². The molecule has 30 heavy (non-hydrogen) atoms. The summed E-state index contributed by atoms with van der Waals surface area (Å²) >= 11 is 0. The Morgan fingerprint density at radius 3 is 2.40 bits per heavy atom. The smallest absolute Gasteiger partial charge is 0.282 e. The first-order valence-corrected chi connectivity index (χ1v) is 10.1. The van der Waals surface area contributed by atoms with Crippen molar-refractivity contribution in [1.82, 2.24) is 9.99 Å². The first-order chi connectivity index (χ1) is 14.4. The van der Waals surface area contributed by atoms with E-state index in [1.54, 1.807) is 18.2 Å². The lowest BCUT2D eigenvalue weighted by atomic mass is 10.1. The molecule has 4 rings (SSSR count). The summed E-state index contributed by atoms with van der Waals surface area (Å²) in [7, 11) is 0. The maximum Gasteiger partial charge on any atom is 0.282 e. The van der Waals surface area contributed by atoms with Crippen LogP contribution in [0.1, 0.15) is 35.0 Å². The maximum absolute atomic E-state index is 12.9. The number of aromatic nitrogens is 1. The van der Waals surface area contributed by atoms with Crippen molar-refractivity contribution in [2.24, 2.45) is 0 Å². The van der Waals surface area contributed by atoms with Crippen LogP contribution in [0, 0.1) is 20.8 Å². The van der Waals surface area contributed by atoms with Gasteiger partial charge in [-0.25, -0.2) is 5.01 Å². The normalized spacial score (nSPS) is 15.2. The topological polar surface area (TPSA) is 54.3 Å².